The number of rotatable bonds is 8. The lowest BCUT2D eigenvalue weighted by Crippen LogP contribution is -2.09. The zero-order valence-corrected chi connectivity index (χ0v) is 33.0. The van der Waals surface area contributed by atoms with Gasteiger partial charge in [-0.2, -0.15) is 0 Å². The maximum Gasteiger partial charge on any atom is 0.0541 e. The highest BCUT2D eigenvalue weighted by Gasteiger charge is 2.16. The molecule has 0 radical (unpaired) electrons. The highest BCUT2D eigenvalue weighted by atomic mass is 15.1. The van der Waals surface area contributed by atoms with Gasteiger partial charge in [0.25, 0.3) is 0 Å². The largest absolute Gasteiger partial charge is 0.311 e. The molecule has 2 heteroatoms. The summed E-state index contributed by atoms with van der Waals surface area (Å²) in [5.74, 6) is 0. The molecule has 0 saturated carbocycles. The third-order valence-corrected chi connectivity index (χ3v) is 11.8. The van der Waals surface area contributed by atoms with Crippen LogP contribution in [0.15, 0.2) is 243 Å². The highest BCUT2D eigenvalue weighted by Crippen LogP contribution is 2.39. The van der Waals surface area contributed by atoms with Gasteiger partial charge in [-0.1, -0.05) is 170 Å². The van der Waals surface area contributed by atoms with E-state index in [9.17, 15) is 0 Å². The lowest BCUT2D eigenvalue weighted by atomic mass is 9.97. The molecule has 1 aromatic heterocycles. The SMILES string of the molecule is c1ccc(-c2ccc(N(c3ccc(-c4cccc(-c5ccc6ccccc6c5)c4)cc3)c3ccc(-c4cccc(-n5c6ccccc6c6ccccc65)c4)cc3)cc2)cc1. The summed E-state index contributed by atoms with van der Waals surface area (Å²) in [5.41, 5.74) is 16.4. The first kappa shape index (κ1) is 35.2. The van der Waals surface area contributed by atoms with Gasteiger partial charge in [0.2, 0.25) is 0 Å². The van der Waals surface area contributed by atoms with Crippen molar-refractivity contribution in [2.75, 3.05) is 4.90 Å². The fraction of sp³-hybridized carbons (Fsp3) is 0. The van der Waals surface area contributed by atoms with Gasteiger partial charge in [0.15, 0.2) is 0 Å². The topological polar surface area (TPSA) is 8.17 Å². The summed E-state index contributed by atoms with van der Waals surface area (Å²) in [6.07, 6.45) is 0. The van der Waals surface area contributed by atoms with Gasteiger partial charge in [-0.15, -0.1) is 0 Å². The van der Waals surface area contributed by atoms with Gasteiger partial charge in [-0.05, 0) is 128 Å². The molecule has 0 spiro atoms. The van der Waals surface area contributed by atoms with Crippen LogP contribution in [0.5, 0.6) is 0 Å². The number of fused-ring (bicyclic) bond motifs is 4. The molecule has 0 bridgehead atoms. The lowest BCUT2D eigenvalue weighted by Gasteiger charge is -2.26. The van der Waals surface area contributed by atoms with Gasteiger partial charge in [0.1, 0.15) is 0 Å². The molecule has 1 heterocycles. The Morgan fingerprint density at radius 1 is 0.250 bits per heavy atom. The molecular formula is C58H40N2. The Labute approximate surface area is 350 Å². The van der Waals surface area contributed by atoms with Crippen LogP contribution in [-0.4, -0.2) is 4.57 Å². The summed E-state index contributed by atoms with van der Waals surface area (Å²) in [5, 5.41) is 5.04. The van der Waals surface area contributed by atoms with E-state index in [1.54, 1.807) is 0 Å². The number of hydrogen-bond acceptors (Lipinski definition) is 1. The minimum absolute atomic E-state index is 1.09. The maximum atomic E-state index is 2.38. The molecule has 0 aliphatic carbocycles. The number of para-hydroxylation sites is 2. The smallest absolute Gasteiger partial charge is 0.0541 e. The molecule has 11 rings (SSSR count). The van der Waals surface area contributed by atoms with E-state index >= 15 is 0 Å². The van der Waals surface area contributed by atoms with Crippen LogP contribution in [0.2, 0.25) is 0 Å². The van der Waals surface area contributed by atoms with Crippen LogP contribution in [0.25, 0.3) is 82.8 Å². The fourth-order valence-corrected chi connectivity index (χ4v) is 8.76. The monoisotopic (exact) mass is 764 g/mol. The van der Waals surface area contributed by atoms with E-state index in [-0.39, 0.29) is 0 Å². The van der Waals surface area contributed by atoms with Crippen molar-refractivity contribution in [3.05, 3.63) is 243 Å². The molecule has 0 unspecified atom stereocenters. The Morgan fingerprint density at radius 2 is 0.650 bits per heavy atom. The number of benzene rings is 10. The number of nitrogens with zero attached hydrogens (tertiary/aromatic N) is 2. The highest BCUT2D eigenvalue weighted by molar-refractivity contribution is 6.09. The molecule has 282 valence electrons. The van der Waals surface area contributed by atoms with Crippen LogP contribution < -0.4 is 4.90 Å². The van der Waals surface area contributed by atoms with Crippen LogP contribution in [0, 0.1) is 0 Å². The number of hydrogen-bond donors (Lipinski definition) is 0. The summed E-state index contributed by atoms with van der Waals surface area (Å²) < 4.78 is 2.38. The first-order chi connectivity index (χ1) is 29.7. The predicted molar refractivity (Wildman–Crippen MR) is 255 cm³/mol. The average Bonchev–Trinajstić information content (AvgIpc) is 3.67. The zero-order chi connectivity index (χ0) is 39.8. The van der Waals surface area contributed by atoms with Crippen LogP contribution in [0.4, 0.5) is 17.1 Å². The predicted octanol–water partition coefficient (Wildman–Crippen LogP) is 16.1. The van der Waals surface area contributed by atoms with Crippen LogP contribution >= 0.6 is 0 Å². The summed E-state index contributed by atoms with van der Waals surface area (Å²) in [6.45, 7) is 0. The minimum atomic E-state index is 1.09. The van der Waals surface area contributed by atoms with E-state index in [4.69, 9.17) is 0 Å². The van der Waals surface area contributed by atoms with Gasteiger partial charge < -0.3 is 9.47 Å². The van der Waals surface area contributed by atoms with Crippen molar-refractivity contribution in [3.8, 4) is 50.2 Å². The van der Waals surface area contributed by atoms with Gasteiger partial charge >= 0.3 is 0 Å². The molecule has 0 amide bonds. The van der Waals surface area contributed by atoms with Crippen molar-refractivity contribution >= 4 is 49.6 Å². The Balaban J connectivity index is 0.941. The van der Waals surface area contributed by atoms with Crippen molar-refractivity contribution in [1.29, 1.82) is 0 Å². The normalized spacial score (nSPS) is 11.3. The van der Waals surface area contributed by atoms with Gasteiger partial charge in [-0.3, -0.25) is 0 Å². The molecule has 0 N–H and O–H groups in total. The third-order valence-electron chi connectivity index (χ3n) is 11.8. The Hall–Kier alpha value is -7.94. The maximum absolute atomic E-state index is 2.38. The number of aromatic nitrogens is 1. The van der Waals surface area contributed by atoms with Crippen molar-refractivity contribution in [1.82, 2.24) is 4.57 Å². The fourth-order valence-electron chi connectivity index (χ4n) is 8.76. The zero-order valence-electron chi connectivity index (χ0n) is 33.0. The summed E-state index contributed by atoms with van der Waals surface area (Å²) in [7, 11) is 0. The Bertz CT molecular complexity index is 3230. The molecule has 0 atom stereocenters. The van der Waals surface area contributed by atoms with Gasteiger partial charge in [0, 0.05) is 33.5 Å². The summed E-state index contributed by atoms with van der Waals surface area (Å²) in [6, 6.07) is 87.8. The molecular weight excluding hydrogens is 725 g/mol. The third kappa shape index (κ3) is 6.51. The van der Waals surface area contributed by atoms with Crippen molar-refractivity contribution < 1.29 is 0 Å². The first-order valence-electron chi connectivity index (χ1n) is 20.6. The van der Waals surface area contributed by atoms with Crippen LogP contribution in [0.3, 0.4) is 0 Å². The lowest BCUT2D eigenvalue weighted by molar-refractivity contribution is 1.18. The molecule has 11 aromatic rings. The minimum Gasteiger partial charge on any atom is -0.311 e. The molecule has 0 aliphatic rings. The average molecular weight is 765 g/mol. The van der Waals surface area contributed by atoms with Crippen molar-refractivity contribution in [2.24, 2.45) is 0 Å². The number of anilines is 3. The molecule has 2 nitrogen and oxygen atoms in total. The van der Waals surface area contributed by atoms with E-state index in [1.807, 2.05) is 0 Å². The van der Waals surface area contributed by atoms with Crippen LogP contribution in [0.1, 0.15) is 0 Å². The summed E-state index contributed by atoms with van der Waals surface area (Å²) in [4.78, 5) is 2.35. The molecule has 0 aliphatic heterocycles. The second kappa shape index (κ2) is 15.1. The van der Waals surface area contributed by atoms with E-state index in [0.29, 0.717) is 0 Å². The van der Waals surface area contributed by atoms with E-state index in [1.165, 1.54) is 77.1 Å². The summed E-state index contributed by atoms with van der Waals surface area (Å²) >= 11 is 0. The quantitative estimate of drug-likeness (QED) is 0.150. The molecule has 0 fully saturated rings. The van der Waals surface area contributed by atoms with E-state index < -0.39 is 0 Å². The molecule has 0 saturated heterocycles. The van der Waals surface area contributed by atoms with Gasteiger partial charge in [0.05, 0.1) is 11.0 Å². The second-order valence-electron chi connectivity index (χ2n) is 15.4. The van der Waals surface area contributed by atoms with Crippen molar-refractivity contribution in [2.45, 2.75) is 0 Å². The Morgan fingerprint density at radius 3 is 1.25 bits per heavy atom. The standard InChI is InChI=1S/C58H40N2/c1-2-12-41(13-3-1)43-26-32-51(33-27-43)59(52-34-28-44(29-35-52)47-16-10-17-48(38-47)50-25-24-42-14-4-5-15-46(42)39-50)53-36-30-45(31-37-53)49-18-11-19-54(40-49)60-57-22-8-6-20-55(57)56-21-7-9-23-58(56)60/h1-40H. The molecule has 60 heavy (non-hydrogen) atoms. The Kier molecular flexibility index (Phi) is 8.87. The van der Waals surface area contributed by atoms with Crippen molar-refractivity contribution in [3.63, 3.8) is 0 Å². The van der Waals surface area contributed by atoms with Crippen LogP contribution in [-0.2, 0) is 0 Å². The van der Waals surface area contributed by atoms with Gasteiger partial charge in [-0.25, -0.2) is 0 Å². The first-order valence-corrected chi connectivity index (χ1v) is 20.6. The molecule has 10 aromatic carbocycles. The second-order valence-corrected chi connectivity index (χ2v) is 15.4. The van der Waals surface area contributed by atoms with E-state index in [2.05, 4.69) is 252 Å². The van der Waals surface area contributed by atoms with E-state index in [0.717, 1.165) is 22.7 Å².